The van der Waals surface area contributed by atoms with Crippen molar-refractivity contribution in [2.45, 2.75) is 13.8 Å². The smallest absolute Gasteiger partial charge is 0.119 e. The molecule has 53 valence electrons. The zero-order chi connectivity index (χ0) is 7.72. The lowest BCUT2D eigenvalue weighted by Crippen LogP contribution is -1.82. The fourth-order valence-electron chi connectivity index (χ4n) is 0.913. The molecule has 1 nitrogen and oxygen atoms in total. The fourth-order valence-corrected chi connectivity index (χ4v) is 0.913. The Hall–Kier alpha value is -0.980. The predicted octanol–water partition coefficient (Wildman–Crippen LogP) is 2.19. The zero-order valence-electron chi connectivity index (χ0n) is 6.31. The van der Waals surface area contributed by atoms with E-state index in [0.717, 1.165) is 16.7 Å². The predicted molar refractivity (Wildman–Crippen MR) is 42.0 cm³/mol. The van der Waals surface area contributed by atoms with Crippen molar-refractivity contribution in [2.75, 3.05) is 0 Å². The molecule has 1 heteroatoms. The Labute approximate surface area is 61.3 Å². The lowest BCUT2D eigenvalue weighted by Gasteiger charge is -2.03. The number of phenolic OH excluding ortho intramolecular Hbond substituents is 1. The molecule has 0 aliphatic carbocycles. The molecule has 0 aromatic heterocycles. The molecule has 1 radical (unpaired) electrons. The monoisotopic (exact) mass is 135 g/mol. The van der Waals surface area contributed by atoms with E-state index in [2.05, 4.69) is 6.92 Å². The summed E-state index contributed by atoms with van der Waals surface area (Å²) in [5, 5.41) is 9.24. The molecule has 0 spiro atoms. The number of rotatable bonds is 0. The number of hydrogen-bond donors (Lipinski definition) is 1. The van der Waals surface area contributed by atoms with E-state index in [9.17, 15) is 5.11 Å². The fraction of sp³-hybridized carbons (Fsp3) is 0.222. The highest BCUT2D eigenvalue weighted by Gasteiger charge is 1.98. The zero-order valence-corrected chi connectivity index (χ0v) is 6.31. The van der Waals surface area contributed by atoms with E-state index in [1.807, 2.05) is 19.9 Å². The van der Waals surface area contributed by atoms with Crippen LogP contribution in [0.15, 0.2) is 12.1 Å². The van der Waals surface area contributed by atoms with Crippen molar-refractivity contribution in [1.29, 1.82) is 0 Å². The first-order valence-electron chi connectivity index (χ1n) is 3.23. The highest BCUT2D eigenvalue weighted by molar-refractivity contribution is 5.42. The standard InChI is InChI=1S/C9H11O/c1-6-4-7(2)8(3)9(10)5-6/h4-5,10H,2H2,1,3H3. The van der Waals surface area contributed by atoms with Gasteiger partial charge >= 0.3 is 0 Å². The summed E-state index contributed by atoms with van der Waals surface area (Å²) in [4.78, 5) is 0. The van der Waals surface area contributed by atoms with Gasteiger partial charge in [-0.15, -0.1) is 0 Å². The molecule has 0 aliphatic heterocycles. The third-order valence-electron chi connectivity index (χ3n) is 1.63. The van der Waals surface area contributed by atoms with Crippen LogP contribution in [0.1, 0.15) is 16.7 Å². The summed E-state index contributed by atoms with van der Waals surface area (Å²) < 4.78 is 0. The number of aromatic hydroxyl groups is 1. The van der Waals surface area contributed by atoms with Gasteiger partial charge in [-0.3, -0.25) is 0 Å². The van der Waals surface area contributed by atoms with Gasteiger partial charge in [0.05, 0.1) is 0 Å². The summed E-state index contributed by atoms with van der Waals surface area (Å²) in [6.07, 6.45) is 0. The molecule has 0 fully saturated rings. The van der Waals surface area contributed by atoms with Crippen molar-refractivity contribution in [2.24, 2.45) is 0 Å². The van der Waals surface area contributed by atoms with Crippen molar-refractivity contribution >= 4 is 0 Å². The highest BCUT2D eigenvalue weighted by atomic mass is 16.3. The Bertz CT molecular complexity index is 228. The van der Waals surface area contributed by atoms with Crippen LogP contribution in [-0.2, 0) is 0 Å². The van der Waals surface area contributed by atoms with Gasteiger partial charge in [0.1, 0.15) is 5.75 Å². The van der Waals surface area contributed by atoms with E-state index >= 15 is 0 Å². The van der Waals surface area contributed by atoms with Crippen molar-refractivity contribution < 1.29 is 5.11 Å². The van der Waals surface area contributed by atoms with Gasteiger partial charge in [-0.05, 0) is 43.5 Å². The largest absolute Gasteiger partial charge is 0.508 e. The lowest BCUT2D eigenvalue weighted by atomic mass is 10.1. The van der Waals surface area contributed by atoms with Crippen LogP contribution in [0.4, 0.5) is 0 Å². The minimum atomic E-state index is 0.338. The molecule has 0 saturated heterocycles. The molecule has 1 N–H and O–H groups in total. The van der Waals surface area contributed by atoms with Crippen molar-refractivity contribution in [1.82, 2.24) is 0 Å². The number of benzene rings is 1. The maximum Gasteiger partial charge on any atom is 0.119 e. The van der Waals surface area contributed by atoms with Crippen LogP contribution in [-0.4, -0.2) is 5.11 Å². The molecule has 0 saturated carbocycles. The molecule has 1 aromatic carbocycles. The van der Waals surface area contributed by atoms with Crippen LogP contribution in [0.2, 0.25) is 0 Å². The second kappa shape index (κ2) is 2.33. The minimum absolute atomic E-state index is 0.338. The molecule has 0 amide bonds. The van der Waals surface area contributed by atoms with E-state index in [-0.39, 0.29) is 0 Å². The maximum absolute atomic E-state index is 9.24. The van der Waals surface area contributed by atoms with E-state index < -0.39 is 0 Å². The first-order valence-corrected chi connectivity index (χ1v) is 3.23. The molecule has 10 heavy (non-hydrogen) atoms. The molecule has 1 aromatic rings. The topological polar surface area (TPSA) is 20.2 Å². The molecular formula is C9H11O. The van der Waals surface area contributed by atoms with Crippen LogP contribution in [0.5, 0.6) is 5.75 Å². The third kappa shape index (κ3) is 1.13. The Morgan fingerprint density at radius 2 is 1.90 bits per heavy atom. The van der Waals surface area contributed by atoms with Crippen molar-refractivity contribution in [3.05, 3.63) is 35.7 Å². The van der Waals surface area contributed by atoms with E-state index in [0.29, 0.717) is 5.75 Å². The second-order valence-corrected chi connectivity index (χ2v) is 2.57. The van der Waals surface area contributed by atoms with Crippen LogP contribution in [0.25, 0.3) is 0 Å². The maximum atomic E-state index is 9.24. The molecular weight excluding hydrogens is 124 g/mol. The summed E-state index contributed by atoms with van der Waals surface area (Å²) in [5.41, 5.74) is 2.82. The van der Waals surface area contributed by atoms with Crippen molar-refractivity contribution in [3.8, 4) is 5.75 Å². The molecule has 0 atom stereocenters. The first-order chi connectivity index (χ1) is 4.61. The third-order valence-corrected chi connectivity index (χ3v) is 1.63. The van der Waals surface area contributed by atoms with E-state index in [1.165, 1.54) is 0 Å². The second-order valence-electron chi connectivity index (χ2n) is 2.57. The van der Waals surface area contributed by atoms with Gasteiger partial charge < -0.3 is 5.11 Å². The summed E-state index contributed by atoms with van der Waals surface area (Å²) in [6.45, 7) is 7.58. The summed E-state index contributed by atoms with van der Waals surface area (Å²) >= 11 is 0. The van der Waals surface area contributed by atoms with Gasteiger partial charge in [0, 0.05) is 0 Å². The average molecular weight is 135 g/mol. The van der Waals surface area contributed by atoms with Gasteiger partial charge in [-0.2, -0.15) is 0 Å². The number of aryl methyl sites for hydroxylation is 1. The summed E-state index contributed by atoms with van der Waals surface area (Å²) in [7, 11) is 0. The summed E-state index contributed by atoms with van der Waals surface area (Å²) in [6, 6.07) is 3.69. The minimum Gasteiger partial charge on any atom is -0.508 e. The highest BCUT2D eigenvalue weighted by Crippen LogP contribution is 2.20. The normalized spacial score (nSPS) is 9.90. The van der Waals surface area contributed by atoms with Crippen LogP contribution in [0.3, 0.4) is 0 Å². The van der Waals surface area contributed by atoms with Crippen LogP contribution in [0, 0.1) is 20.8 Å². The SMILES string of the molecule is [CH2]c1cc(C)cc(O)c1C. The molecule has 0 aliphatic rings. The Morgan fingerprint density at radius 3 is 2.40 bits per heavy atom. The van der Waals surface area contributed by atoms with Crippen molar-refractivity contribution in [3.63, 3.8) is 0 Å². The summed E-state index contributed by atoms with van der Waals surface area (Å²) in [5.74, 6) is 0.338. The Balaban J connectivity index is 3.31. The Kier molecular flexibility index (Phi) is 1.66. The van der Waals surface area contributed by atoms with Gasteiger partial charge in [-0.25, -0.2) is 0 Å². The quantitative estimate of drug-likeness (QED) is 0.578. The average Bonchev–Trinajstić information content (AvgIpc) is 1.82. The van der Waals surface area contributed by atoms with Gasteiger partial charge in [0.25, 0.3) is 0 Å². The first kappa shape index (κ1) is 7.13. The molecule has 1 rings (SSSR count). The lowest BCUT2D eigenvalue weighted by molar-refractivity contribution is 0.470. The van der Waals surface area contributed by atoms with Crippen LogP contribution < -0.4 is 0 Å². The Morgan fingerprint density at radius 1 is 1.30 bits per heavy atom. The van der Waals surface area contributed by atoms with Crippen LogP contribution >= 0.6 is 0 Å². The molecule has 0 heterocycles. The van der Waals surface area contributed by atoms with E-state index in [1.54, 1.807) is 6.07 Å². The van der Waals surface area contributed by atoms with Gasteiger partial charge in [0.2, 0.25) is 0 Å². The molecule has 0 unspecified atom stereocenters. The number of hydrogen-bond acceptors (Lipinski definition) is 1. The number of phenols is 1. The van der Waals surface area contributed by atoms with E-state index in [4.69, 9.17) is 0 Å². The van der Waals surface area contributed by atoms with Gasteiger partial charge in [0.15, 0.2) is 0 Å². The van der Waals surface area contributed by atoms with Gasteiger partial charge in [-0.1, -0.05) is 6.07 Å². The molecule has 0 bridgehead atoms.